The van der Waals surface area contributed by atoms with Crippen molar-refractivity contribution in [3.8, 4) is 11.8 Å². The average Bonchev–Trinajstić information content (AvgIpc) is 3.03. The van der Waals surface area contributed by atoms with Crippen LogP contribution in [-0.2, 0) is 9.53 Å². The third kappa shape index (κ3) is 3.63. The van der Waals surface area contributed by atoms with E-state index in [1.165, 1.54) is 17.2 Å². The maximum Gasteiger partial charge on any atom is 0.350 e. The Morgan fingerprint density at radius 2 is 2.24 bits per heavy atom. The van der Waals surface area contributed by atoms with Gasteiger partial charge in [0.15, 0.2) is 5.57 Å². The number of aromatic nitrogens is 4. The molecule has 1 N–H and O–H groups in total. The number of esters is 1. The van der Waals surface area contributed by atoms with Gasteiger partial charge in [0.1, 0.15) is 12.4 Å². The fourth-order valence-corrected chi connectivity index (χ4v) is 1.49. The van der Waals surface area contributed by atoms with Crippen molar-refractivity contribution < 1.29 is 9.53 Å². The van der Waals surface area contributed by atoms with Gasteiger partial charge in [-0.05, 0) is 41.6 Å². The fraction of sp³-hybridized carbons (Fsp3) is 0.154. The number of nitriles is 1. The first-order valence-electron chi connectivity index (χ1n) is 6.12. The molecule has 0 bridgehead atoms. The molecular weight excluding hydrogens is 272 g/mol. The topological polar surface area (TPSA) is 106 Å². The maximum absolute atomic E-state index is 11.4. The van der Waals surface area contributed by atoms with Gasteiger partial charge in [-0.2, -0.15) is 5.26 Å². The van der Waals surface area contributed by atoms with Crippen LogP contribution in [0.3, 0.4) is 0 Å². The second-order valence-electron chi connectivity index (χ2n) is 3.84. The van der Waals surface area contributed by atoms with E-state index in [0.717, 1.165) is 5.69 Å². The van der Waals surface area contributed by atoms with Crippen molar-refractivity contribution >= 4 is 11.7 Å². The van der Waals surface area contributed by atoms with Gasteiger partial charge in [0.2, 0.25) is 0 Å². The monoisotopic (exact) mass is 284 g/mol. The van der Waals surface area contributed by atoms with Crippen LogP contribution in [0, 0.1) is 11.3 Å². The number of tetrazole rings is 1. The van der Waals surface area contributed by atoms with E-state index in [2.05, 4.69) is 20.8 Å². The summed E-state index contributed by atoms with van der Waals surface area (Å²) < 4.78 is 6.27. The van der Waals surface area contributed by atoms with Gasteiger partial charge in [-0.25, -0.2) is 9.48 Å². The molecule has 0 saturated carbocycles. The second kappa shape index (κ2) is 6.81. The lowest BCUT2D eigenvalue weighted by Crippen LogP contribution is -2.07. The van der Waals surface area contributed by atoms with Crippen molar-refractivity contribution in [1.82, 2.24) is 20.2 Å². The minimum atomic E-state index is -0.655. The summed E-state index contributed by atoms with van der Waals surface area (Å²) in [6, 6.07) is 8.92. The molecule has 21 heavy (non-hydrogen) atoms. The number of ether oxygens (including phenoxy) is 1. The average molecular weight is 284 g/mol. The number of nitrogens with one attached hydrogen (secondary N) is 1. The van der Waals surface area contributed by atoms with Crippen LogP contribution >= 0.6 is 0 Å². The minimum absolute atomic E-state index is 0.0959. The van der Waals surface area contributed by atoms with Crippen LogP contribution < -0.4 is 5.32 Å². The van der Waals surface area contributed by atoms with Crippen molar-refractivity contribution in [1.29, 1.82) is 5.26 Å². The summed E-state index contributed by atoms with van der Waals surface area (Å²) >= 11 is 0. The predicted octanol–water partition coefficient (Wildman–Crippen LogP) is 1.04. The van der Waals surface area contributed by atoms with E-state index in [4.69, 9.17) is 10.00 Å². The molecule has 1 heterocycles. The fourth-order valence-electron chi connectivity index (χ4n) is 1.49. The number of carbonyl (C=O) groups is 1. The summed E-state index contributed by atoms with van der Waals surface area (Å²) in [6.45, 7) is 1.90. The Morgan fingerprint density at radius 3 is 2.81 bits per heavy atom. The highest BCUT2D eigenvalue weighted by molar-refractivity contribution is 5.93. The standard InChI is InChI=1S/C13H12N6O2/c1-2-21-13(20)10(7-14)8-15-11-3-5-12(6-4-11)19-9-16-17-18-19/h3-6,8-9,15H,2H2,1H3/b10-8+. The molecule has 1 aromatic carbocycles. The minimum Gasteiger partial charge on any atom is -0.462 e. The first-order valence-corrected chi connectivity index (χ1v) is 6.12. The van der Waals surface area contributed by atoms with Crippen LogP contribution in [0.15, 0.2) is 42.4 Å². The highest BCUT2D eigenvalue weighted by Crippen LogP contribution is 2.12. The molecule has 2 rings (SSSR count). The number of nitrogens with zero attached hydrogens (tertiary/aromatic N) is 5. The number of hydrogen-bond acceptors (Lipinski definition) is 7. The van der Waals surface area contributed by atoms with Crippen molar-refractivity contribution in [2.75, 3.05) is 11.9 Å². The van der Waals surface area contributed by atoms with Gasteiger partial charge in [-0.1, -0.05) is 0 Å². The summed E-state index contributed by atoms with van der Waals surface area (Å²) in [5, 5.41) is 22.6. The van der Waals surface area contributed by atoms with Gasteiger partial charge >= 0.3 is 5.97 Å². The molecule has 0 spiro atoms. The molecular formula is C13H12N6O2. The molecule has 0 radical (unpaired) electrons. The summed E-state index contributed by atoms with van der Waals surface area (Å²) in [6.07, 6.45) is 2.79. The Balaban J connectivity index is 2.06. The molecule has 0 fully saturated rings. The van der Waals surface area contributed by atoms with Crippen LogP contribution in [0.25, 0.3) is 5.69 Å². The largest absolute Gasteiger partial charge is 0.462 e. The number of hydrogen-bond donors (Lipinski definition) is 1. The van der Waals surface area contributed by atoms with Gasteiger partial charge in [0.25, 0.3) is 0 Å². The molecule has 0 aliphatic carbocycles. The summed E-state index contributed by atoms with van der Waals surface area (Å²) in [4.78, 5) is 11.4. The molecule has 2 aromatic rings. The van der Waals surface area contributed by atoms with Crippen molar-refractivity contribution in [3.63, 3.8) is 0 Å². The zero-order chi connectivity index (χ0) is 15.1. The maximum atomic E-state index is 11.4. The number of benzene rings is 1. The van der Waals surface area contributed by atoms with Gasteiger partial charge in [-0.3, -0.25) is 0 Å². The summed E-state index contributed by atoms with van der Waals surface area (Å²) in [5.74, 6) is -0.655. The zero-order valence-corrected chi connectivity index (χ0v) is 11.2. The molecule has 106 valence electrons. The van der Waals surface area contributed by atoms with Gasteiger partial charge in [-0.15, -0.1) is 5.10 Å². The third-order valence-corrected chi connectivity index (χ3v) is 2.48. The van der Waals surface area contributed by atoms with E-state index in [9.17, 15) is 4.79 Å². The van der Waals surface area contributed by atoms with Crippen molar-refractivity contribution in [3.05, 3.63) is 42.4 Å². The Labute approximate surface area is 120 Å². The van der Waals surface area contributed by atoms with E-state index in [1.54, 1.807) is 37.3 Å². The number of carbonyl (C=O) groups excluding carboxylic acids is 1. The smallest absolute Gasteiger partial charge is 0.350 e. The van der Waals surface area contributed by atoms with Crippen LogP contribution in [0.2, 0.25) is 0 Å². The summed E-state index contributed by atoms with van der Waals surface area (Å²) in [7, 11) is 0. The molecule has 8 heteroatoms. The Morgan fingerprint density at radius 1 is 1.48 bits per heavy atom. The van der Waals surface area contributed by atoms with Crippen molar-refractivity contribution in [2.45, 2.75) is 6.92 Å². The molecule has 0 saturated heterocycles. The van der Waals surface area contributed by atoms with Crippen LogP contribution in [0.1, 0.15) is 6.92 Å². The zero-order valence-electron chi connectivity index (χ0n) is 11.2. The lowest BCUT2D eigenvalue weighted by molar-refractivity contribution is -0.138. The highest BCUT2D eigenvalue weighted by atomic mass is 16.5. The Kier molecular flexibility index (Phi) is 4.61. The van der Waals surface area contributed by atoms with Crippen molar-refractivity contribution in [2.24, 2.45) is 0 Å². The highest BCUT2D eigenvalue weighted by Gasteiger charge is 2.09. The normalized spacial score (nSPS) is 10.8. The van der Waals surface area contributed by atoms with Gasteiger partial charge < -0.3 is 10.1 Å². The SMILES string of the molecule is CCOC(=O)/C(C#N)=C/Nc1ccc(-n2cnnn2)cc1. The molecule has 1 aromatic heterocycles. The molecule has 8 nitrogen and oxygen atoms in total. The number of rotatable bonds is 5. The van der Waals surface area contributed by atoms with E-state index < -0.39 is 5.97 Å². The third-order valence-electron chi connectivity index (χ3n) is 2.48. The van der Waals surface area contributed by atoms with Crippen LogP contribution in [0.4, 0.5) is 5.69 Å². The first kappa shape index (κ1) is 14.2. The van der Waals surface area contributed by atoms with Crippen LogP contribution in [-0.4, -0.2) is 32.8 Å². The lowest BCUT2D eigenvalue weighted by atomic mass is 10.2. The van der Waals surface area contributed by atoms with E-state index in [0.29, 0.717) is 5.69 Å². The first-order chi connectivity index (χ1) is 10.2. The van der Waals surface area contributed by atoms with Gasteiger partial charge in [0, 0.05) is 11.9 Å². The lowest BCUT2D eigenvalue weighted by Gasteiger charge is -2.04. The Hall–Kier alpha value is -3.21. The second-order valence-corrected chi connectivity index (χ2v) is 3.84. The summed E-state index contributed by atoms with van der Waals surface area (Å²) in [5.41, 5.74) is 1.41. The van der Waals surface area contributed by atoms with E-state index in [1.807, 2.05) is 0 Å². The van der Waals surface area contributed by atoms with Gasteiger partial charge in [0.05, 0.1) is 12.3 Å². The molecule has 0 aliphatic heterocycles. The Bertz CT molecular complexity index is 670. The number of anilines is 1. The van der Waals surface area contributed by atoms with Crippen LogP contribution in [0.5, 0.6) is 0 Å². The van der Waals surface area contributed by atoms with E-state index in [-0.39, 0.29) is 12.2 Å². The molecule has 0 amide bonds. The molecule has 0 unspecified atom stereocenters. The van der Waals surface area contributed by atoms with E-state index >= 15 is 0 Å². The molecule has 0 atom stereocenters. The predicted molar refractivity (Wildman–Crippen MR) is 73.1 cm³/mol. The quantitative estimate of drug-likeness (QED) is 0.496. The molecule has 0 aliphatic rings.